The number of hydrogen-bond donors (Lipinski definition) is 9. The minimum absolute atomic E-state index is 0.00568. The molecule has 97 heavy (non-hydrogen) atoms. The van der Waals surface area contributed by atoms with Crippen LogP contribution in [0.3, 0.4) is 0 Å². The molecule has 0 aromatic heterocycles. The van der Waals surface area contributed by atoms with Gasteiger partial charge in [-0.05, 0) is 195 Å². The van der Waals surface area contributed by atoms with Gasteiger partial charge in [0.2, 0.25) is 29.5 Å². The Kier molecular flexibility index (Phi) is 68.1. The van der Waals surface area contributed by atoms with E-state index in [-0.39, 0.29) is 67.3 Å². The molecule has 542 valence electrons. The van der Waals surface area contributed by atoms with Gasteiger partial charge in [-0.3, -0.25) is 38.4 Å². The molecule has 17 heteroatoms. The van der Waals surface area contributed by atoms with Gasteiger partial charge in [0.05, 0.1) is 22.4 Å². The normalized spacial score (nSPS) is 12.7. The Labute approximate surface area is 584 Å². The monoisotopic (exact) mass is 1350 g/mol. The summed E-state index contributed by atoms with van der Waals surface area (Å²) in [6.07, 6.45) is 74.9. The molecule has 5 amide bonds. The minimum atomic E-state index is -0.947. The first-order valence-electron chi connectivity index (χ1n) is 33.7. The highest BCUT2D eigenvalue weighted by atomic mass is 16.3. The van der Waals surface area contributed by atoms with E-state index < -0.39 is 22.4 Å². The highest BCUT2D eigenvalue weighted by Crippen LogP contribution is 2.03. The molecule has 0 aliphatic carbocycles. The molecule has 0 fully saturated rings. The molecule has 0 atom stereocenters. The summed E-state index contributed by atoms with van der Waals surface area (Å²) in [5, 5.41) is 51.0. The summed E-state index contributed by atoms with van der Waals surface area (Å²) < 4.78 is 0. The molecule has 9 N–H and O–H groups in total. The molecule has 0 rings (SSSR count). The summed E-state index contributed by atoms with van der Waals surface area (Å²) >= 11 is 0. The molecule has 0 aromatic carbocycles. The van der Waals surface area contributed by atoms with Gasteiger partial charge in [0.25, 0.3) is 0 Å². The number of allylic oxidation sites excluding steroid dienone is 29. The predicted octanol–water partition coefficient (Wildman–Crippen LogP) is 13.6. The Morgan fingerprint density at radius 1 is 0.351 bits per heavy atom. The Bertz CT molecular complexity index is 2580. The first kappa shape index (κ1) is 97.5. The number of aliphatic hydroxyl groups is 4. The van der Waals surface area contributed by atoms with Crippen molar-refractivity contribution < 1.29 is 58.8 Å². The van der Waals surface area contributed by atoms with Crippen LogP contribution in [0.4, 0.5) is 0 Å². The number of rotatable bonds is 44. The second-order valence-corrected chi connectivity index (χ2v) is 24.8. The van der Waals surface area contributed by atoms with Crippen LogP contribution in [-0.2, 0) is 38.4 Å². The number of ketones is 2. The van der Waals surface area contributed by atoms with Crippen LogP contribution in [-0.4, -0.2) is 123 Å². The lowest BCUT2D eigenvalue weighted by Gasteiger charge is -2.16. The number of carbonyl (C=O) groups is 8. The van der Waals surface area contributed by atoms with E-state index in [9.17, 15) is 58.8 Å². The van der Waals surface area contributed by atoms with Crippen molar-refractivity contribution >= 4 is 47.4 Å². The maximum atomic E-state index is 11.4. The van der Waals surface area contributed by atoms with E-state index >= 15 is 0 Å². The molecular formula is C80H125N5O12. The van der Waals surface area contributed by atoms with Crippen LogP contribution in [0.25, 0.3) is 0 Å². The third-order valence-corrected chi connectivity index (χ3v) is 11.1. The number of unbranched alkanes of at least 4 members (excludes halogenated alkanes) is 4. The predicted molar refractivity (Wildman–Crippen MR) is 404 cm³/mol. The van der Waals surface area contributed by atoms with Gasteiger partial charge in [-0.25, -0.2) is 0 Å². The number of hydrogen-bond acceptors (Lipinski definition) is 12. The molecule has 0 spiro atoms. The molecule has 0 saturated carbocycles. The standard InChI is InChI=1S/2C18H29NO2.C16H23NO4.C14H21NO3.C14H23NO/c2*1-4-5-6-7-8-9-10-11-12-13-14-15-17(20)19-16-18(2,3)21;1-13(18)8-4-5-9-14(19)10-6-7-11-15(20)17-12-16(2,3)21;1-14(2,18)12-15-13(17)10-8-6-4-3-5-7-9-11-16;1-4-5-6-7-8-9-10-11-14(16)15-12-13(2)3/h2*5-6,8-9,12-15,21H,4,7,10-11,16H2,1-3H3,(H,19,20);4-5,7-9,11,21H,6,10,12H2,1-3H3,(H,17,20);3,5,7-11,18H,4,6,12H2,1-2H3,(H,15,17);4-7,10-11,13H,8-9,12H2,1-3H3,(H,15,16)/b6-5+,9-8-,13-12+,15-14+;6-5-,9-8-,13-12+,15-14+;8-4+,9-5+,11-7+;5-3+,9-7+,10-8+;5-4+,7-6-,11-10+. The lowest BCUT2D eigenvalue weighted by Crippen LogP contribution is -2.37. The summed E-state index contributed by atoms with van der Waals surface area (Å²) in [5.41, 5.74) is -3.59. The highest BCUT2D eigenvalue weighted by molar-refractivity contribution is 5.92. The van der Waals surface area contributed by atoms with Crippen molar-refractivity contribution in [1.82, 2.24) is 26.6 Å². The molecule has 0 aliphatic rings. The van der Waals surface area contributed by atoms with Gasteiger partial charge in [-0.1, -0.05) is 186 Å². The lowest BCUT2D eigenvalue weighted by molar-refractivity contribution is -0.118. The van der Waals surface area contributed by atoms with Crippen molar-refractivity contribution in [3.8, 4) is 0 Å². The van der Waals surface area contributed by atoms with E-state index in [4.69, 9.17) is 0 Å². The average Bonchev–Trinajstić information content (AvgIpc) is 3.17. The van der Waals surface area contributed by atoms with E-state index in [1.54, 1.807) is 97.9 Å². The van der Waals surface area contributed by atoms with Crippen molar-refractivity contribution in [1.29, 1.82) is 0 Å². The summed E-state index contributed by atoms with van der Waals surface area (Å²) in [5.74, 6) is -0.538. The van der Waals surface area contributed by atoms with Crippen LogP contribution in [0.2, 0.25) is 0 Å². The lowest BCUT2D eigenvalue weighted by atomic mass is 10.1. The van der Waals surface area contributed by atoms with E-state index in [2.05, 4.69) is 109 Å². The van der Waals surface area contributed by atoms with Crippen molar-refractivity contribution in [3.63, 3.8) is 0 Å². The van der Waals surface area contributed by atoms with E-state index in [0.717, 1.165) is 89.9 Å². The Morgan fingerprint density at radius 2 is 0.660 bits per heavy atom. The molecule has 0 bridgehead atoms. The van der Waals surface area contributed by atoms with Gasteiger partial charge in [0, 0.05) is 51.3 Å². The van der Waals surface area contributed by atoms with E-state index in [1.807, 2.05) is 61.6 Å². The molecular weight excluding hydrogens is 1220 g/mol. The largest absolute Gasteiger partial charge is 0.389 e. The third-order valence-electron chi connectivity index (χ3n) is 11.1. The van der Waals surface area contributed by atoms with Crippen LogP contribution in [0, 0.1) is 5.92 Å². The van der Waals surface area contributed by atoms with Crippen molar-refractivity contribution in [2.24, 2.45) is 5.92 Å². The second-order valence-electron chi connectivity index (χ2n) is 24.8. The summed E-state index contributed by atoms with van der Waals surface area (Å²) in [6.45, 7) is 26.6. The molecule has 0 aromatic rings. The Morgan fingerprint density at radius 3 is 1.01 bits per heavy atom. The molecule has 17 nitrogen and oxygen atoms in total. The molecule has 0 aliphatic heterocycles. The Hall–Kier alpha value is -8.22. The van der Waals surface area contributed by atoms with Crippen LogP contribution in [0.1, 0.15) is 187 Å². The zero-order valence-electron chi connectivity index (χ0n) is 61.3. The van der Waals surface area contributed by atoms with Crippen molar-refractivity contribution in [2.45, 2.75) is 209 Å². The van der Waals surface area contributed by atoms with E-state index in [1.165, 1.54) is 61.6 Å². The number of nitrogens with one attached hydrogen (secondary N) is 5. The third kappa shape index (κ3) is 101. The van der Waals surface area contributed by atoms with Gasteiger partial charge in [0.1, 0.15) is 6.29 Å². The number of carbonyl (C=O) groups excluding carboxylic acids is 8. The van der Waals surface area contributed by atoms with Crippen LogP contribution in [0.5, 0.6) is 0 Å². The SMILES string of the molecule is C/C=C/C=C\CC/C=C/C(=O)NCC(C)C.CC(=O)/C=C/C=C/C(=O)CC/C=C/C(=O)NCC(C)(C)O.CC(C)(O)CNC(=O)/C=C/CC/C=C/C=C/C=O.CC/C=C/C/C=C\CC/C=C/C=C/C(=O)NCC(C)(C)O.CC/C=C\C/C=C\CC/C=C/C=C/C(=O)NCC(C)(C)O. The van der Waals surface area contributed by atoms with Gasteiger partial charge >= 0.3 is 0 Å². The summed E-state index contributed by atoms with van der Waals surface area (Å²) in [7, 11) is 0. The summed E-state index contributed by atoms with van der Waals surface area (Å²) in [4.78, 5) is 88.7. The fourth-order valence-electron chi connectivity index (χ4n) is 6.13. The van der Waals surface area contributed by atoms with Crippen molar-refractivity contribution in [3.05, 3.63) is 207 Å². The maximum absolute atomic E-state index is 11.4. The topological polar surface area (TPSA) is 278 Å². The van der Waals surface area contributed by atoms with E-state index in [0.29, 0.717) is 18.8 Å². The van der Waals surface area contributed by atoms with Crippen LogP contribution >= 0.6 is 0 Å². The fourth-order valence-corrected chi connectivity index (χ4v) is 6.13. The smallest absolute Gasteiger partial charge is 0.244 e. The molecule has 0 unspecified atom stereocenters. The van der Waals surface area contributed by atoms with Gasteiger partial charge in [-0.15, -0.1) is 0 Å². The van der Waals surface area contributed by atoms with Crippen LogP contribution in [0.15, 0.2) is 207 Å². The van der Waals surface area contributed by atoms with Crippen LogP contribution < -0.4 is 26.6 Å². The van der Waals surface area contributed by atoms with Gasteiger partial charge < -0.3 is 47.0 Å². The van der Waals surface area contributed by atoms with Gasteiger partial charge in [-0.2, -0.15) is 0 Å². The second kappa shape index (κ2) is 67.7. The Balaban J connectivity index is -0.000000365. The zero-order valence-corrected chi connectivity index (χ0v) is 61.3. The molecule has 0 heterocycles. The zero-order chi connectivity index (χ0) is 74.3. The van der Waals surface area contributed by atoms with Crippen molar-refractivity contribution in [2.75, 3.05) is 32.7 Å². The molecule has 0 radical (unpaired) electrons. The van der Waals surface area contributed by atoms with Gasteiger partial charge in [0.15, 0.2) is 11.6 Å². The number of aldehydes is 1. The first-order chi connectivity index (χ1) is 45.7. The maximum Gasteiger partial charge on any atom is 0.244 e. The minimum Gasteiger partial charge on any atom is -0.389 e. The quantitative estimate of drug-likeness (QED) is 0.00906. The number of amides is 5. The fraction of sp³-hybridized carbons (Fsp3) is 0.475. The average molecular weight is 1350 g/mol. The molecule has 0 saturated heterocycles. The highest BCUT2D eigenvalue weighted by Gasteiger charge is 2.15. The first-order valence-corrected chi connectivity index (χ1v) is 33.7. The summed E-state index contributed by atoms with van der Waals surface area (Å²) in [6, 6.07) is 0.